The van der Waals surface area contributed by atoms with Gasteiger partial charge in [-0.2, -0.15) is 5.48 Å². The standard InChI is InChI=1S/C2H6N2O/c3-2-1-5-4-2/h2,4H,1,3H2. The molecule has 1 aliphatic heterocycles. The number of rotatable bonds is 0. The number of hydrogen-bond donors (Lipinski definition) is 2. The van der Waals surface area contributed by atoms with Gasteiger partial charge in [-0.3, -0.25) is 4.84 Å². The van der Waals surface area contributed by atoms with Crippen molar-refractivity contribution in [3.63, 3.8) is 0 Å². The van der Waals surface area contributed by atoms with Crippen LogP contribution in [-0.2, 0) is 4.84 Å². The summed E-state index contributed by atoms with van der Waals surface area (Å²) in [5.74, 6) is 0. The normalized spacial score (nSPS) is 36.6. The van der Waals surface area contributed by atoms with Gasteiger partial charge in [-0.05, 0) is 0 Å². The minimum atomic E-state index is 0.0926. The van der Waals surface area contributed by atoms with Crippen LogP contribution in [0.1, 0.15) is 0 Å². The first kappa shape index (κ1) is 3.08. The van der Waals surface area contributed by atoms with Gasteiger partial charge in [0, 0.05) is 0 Å². The molecule has 1 heterocycles. The topological polar surface area (TPSA) is 47.3 Å². The van der Waals surface area contributed by atoms with Gasteiger partial charge in [0.15, 0.2) is 0 Å². The average molecular weight is 74.1 g/mol. The molecular formula is C2H6N2O. The maximum absolute atomic E-state index is 5.14. The summed E-state index contributed by atoms with van der Waals surface area (Å²) in [5.41, 5.74) is 7.63. The summed E-state index contributed by atoms with van der Waals surface area (Å²) in [7, 11) is 0. The Morgan fingerprint density at radius 2 is 2.40 bits per heavy atom. The second kappa shape index (κ2) is 0.931. The highest BCUT2D eigenvalue weighted by Gasteiger charge is 2.09. The van der Waals surface area contributed by atoms with E-state index in [0.29, 0.717) is 6.61 Å². The predicted octanol–water partition coefficient (Wildman–Crippen LogP) is -1.19. The van der Waals surface area contributed by atoms with Crippen LogP contribution >= 0.6 is 0 Å². The number of hydrogen-bond acceptors (Lipinski definition) is 3. The van der Waals surface area contributed by atoms with E-state index in [1.807, 2.05) is 0 Å². The Morgan fingerprint density at radius 3 is 2.40 bits per heavy atom. The summed E-state index contributed by atoms with van der Waals surface area (Å²) in [6.45, 7) is 0.653. The molecule has 3 heteroatoms. The summed E-state index contributed by atoms with van der Waals surface area (Å²) in [4.78, 5) is 4.46. The monoisotopic (exact) mass is 74.0 g/mol. The van der Waals surface area contributed by atoms with Gasteiger partial charge in [-0.15, -0.1) is 0 Å². The summed E-state index contributed by atoms with van der Waals surface area (Å²) >= 11 is 0. The molecule has 0 radical (unpaired) electrons. The van der Waals surface area contributed by atoms with Crippen molar-refractivity contribution >= 4 is 0 Å². The molecular weight excluding hydrogens is 68.0 g/mol. The number of nitrogens with two attached hydrogens (primary N) is 1. The van der Waals surface area contributed by atoms with Crippen molar-refractivity contribution in [2.45, 2.75) is 6.17 Å². The molecule has 30 valence electrons. The van der Waals surface area contributed by atoms with E-state index in [9.17, 15) is 0 Å². The minimum absolute atomic E-state index is 0.0926. The van der Waals surface area contributed by atoms with Gasteiger partial charge in [0.2, 0.25) is 0 Å². The zero-order valence-electron chi connectivity index (χ0n) is 2.77. The van der Waals surface area contributed by atoms with E-state index in [0.717, 1.165) is 0 Å². The second-order valence-electron chi connectivity index (χ2n) is 1.04. The molecule has 0 saturated carbocycles. The quantitative estimate of drug-likeness (QED) is 0.379. The molecule has 1 saturated heterocycles. The summed E-state index contributed by atoms with van der Waals surface area (Å²) in [5, 5.41) is 0. The van der Waals surface area contributed by atoms with Gasteiger partial charge in [0.05, 0.1) is 6.61 Å². The summed E-state index contributed by atoms with van der Waals surface area (Å²) in [6, 6.07) is 0. The maximum atomic E-state index is 5.14. The molecule has 3 nitrogen and oxygen atoms in total. The molecule has 0 amide bonds. The Morgan fingerprint density at radius 1 is 2.00 bits per heavy atom. The van der Waals surface area contributed by atoms with Crippen LogP contribution in [0.25, 0.3) is 0 Å². The van der Waals surface area contributed by atoms with Crippen LogP contribution in [0.4, 0.5) is 0 Å². The van der Waals surface area contributed by atoms with Gasteiger partial charge in [0.1, 0.15) is 6.17 Å². The van der Waals surface area contributed by atoms with Crippen molar-refractivity contribution in [2.24, 2.45) is 5.73 Å². The highest BCUT2D eigenvalue weighted by atomic mass is 16.7. The molecule has 1 rings (SSSR count). The molecule has 0 aromatic carbocycles. The van der Waals surface area contributed by atoms with E-state index in [2.05, 4.69) is 10.3 Å². The van der Waals surface area contributed by atoms with E-state index in [4.69, 9.17) is 5.73 Å². The lowest BCUT2D eigenvalue weighted by Gasteiger charge is -2.21. The SMILES string of the molecule is NC1CON1. The van der Waals surface area contributed by atoms with Crippen LogP contribution < -0.4 is 11.2 Å². The van der Waals surface area contributed by atoms with Crippen LogP contribution in [0.3, 0.4) is 0 Å². The minimum Gasteiger partial charge on any atom is -0.312 e. The molecule has 1 fully saturated rings. The fourth-order valence-electron chi connectivity index (χ4n) is 0.180. The molecule has 0 aromatic heterocycles. The van der Waals surface area contributed by atoms with Gasteiger partial charge in [-0.1, -0.05) is 0 Å². The lowest BCUT2D eigenvalue weighted by molar-refractivity contribution is -0.0950. The maximum Gasteiger partial charge on any atom is 0.104 e. The molecule has 0 aliphatic carbocycles. The predicted molar refractivity (Wildman–Crippen MR) is 17.1 cm³/mol. The van der Waals surface area contributed by atoms with E-state index in [-0.39, 0.29) is 6.17 Å². The van der Waals surface area contributed by atoms with E-state index >= 15 is 0 Å². The summed E-state index contributed by atoms with van der Waals surface area (Å²) < 4.78 is 0. The third kappa shape index (κ3) is 0.397. The highest BCUT2D eigenvalue weighted by molar-refractivity contribution is 4.54. The Kier molecular flexibility index (Phi) is 0.574. The molecule has 5 heavy (non-hydrogen) atoms. The third-order valence-corrected chi connectivity index (χ3v) is 0.498. The average Bonchev–Trinajstić information content (AvgIpc) is 1.30. The van der Waals surface area contributed by atoms with Crippen LogP contribution in [-0.4, -0.2) is 12.8 Å². The lowest BCUT2D eigenvalue weighted by Crippen LogP contribution is -2.52. The smallest absolute Gasteiger partial charge is 0.104 e. The molecule has 0 aromatic rings. The van der Waals surface area contributed by atoms with Crippen molar-refractivity contribution in [3.8, 4) is 0 Å². The second-order valence-corrected chi connectivity index (χ2v) is 1.04. The van der Waals surface area contributed by atoms with Gasteiger partial charge in [0.25, 0.3) is 0 Å². The van der Waals surface area contributed by atoms with Crippen molar-refractivity contribution in [1.82, 2.24) is 5.48 Å². The van der Waals surface area contributed by atoms with Crippen molar-refractivity contribution in [3.05, 3.63) is 0 Å². The molecule has 1 atom stereocenters. The first-order valence-corrected chi connectivity index (χ1v) is 1.52. The Labute approximate surface area is 30.1 Å². The van der Waals surface area contributed by atoms with Crippen LogP contribution in [0.2, 0.25) is 0 Å². The lowest BCUT2D eigenvalue weighted by atomic mass is 10.5. The molecule has 1 unspecified atom stereocenters. The van der Waals surface area contributed by atoms with Crippen molar-refractivity contribution < 1.29 is 4.84 Å². The van der Waals surface area contributed by atoms with Gasteiger partial charge >= 0.3 is 0 Å². The zero-order valence-corrected chi connectivity index (χ0v) is 2.77. The molecule has 0 bridgehead atoms. The first-order chi connectivity index (χ1) is 2.39. The zero-order chi connectivity index (χ0) is 3.70. The Balaban J connectivity index is 2.08. The molecule has 1 aliphatic rings. The van der Waals surface area contributed by atoms with Crippen molar-refractivity contribution in [1.29, 1.82) is 0 Å². The Bertz CT molecular complexity index is 34.6. The first-order valence-electron chi connectivity index (χ1n) is 1.52. The van der Waals surface area contributed by atoms with Crippen LogP contribution in [0.15, 0.2) is 0 Å². The summed E-state index contributed by atoms with van der Waals surface area (Å²) in [6.07, 6.45) is 0.0926. The Hall–Kier alpha value is -0.120. The number of hydroxylamine groups is 1. The third-order valence-electron chi connectivity index (χ3n) is 0.498. The van der Waals surface area contributed by atoms with Crippen LogP contribution in [0.5, 0.6) is 0 Å². The fraction of sp³-hybridized carbons (Fsp3) is 1.00. The van der Waals surface area contributed by atoms with Crippen molar-refractivity contribution in [2.75, 3.05) is 6.61 Å². The van der Waals surface area contributed by atoms with Gasteiger partial charge < -0.3 is 5.73 Å². The molecule has 0 spiro atoms. The number of nitrogens with one attached hydrogen (secondary N) is 1. The van der Waals surface area contributed by atoms with E-state index < -0.39 is 0 Å². The highest BCUT2D eigenvalue weighted by Crippen LogP contribution is 1.82. The van der Waals surface area contributed by atoms with E-state index in [1.54, 1.807) is 0 Å². The molecule has 3 N–H and O–H groups in total. The van der Waals surface area contributed by atoms with Gasteiger partial charge in [-0.25, -0.2) is 0 Å². The van der Waals surface area contributed by atoms with Crippen LogP contribution in [0, 0.1) is 0 Å². The largest absolute Gasteiger partial charge is 0.312 e. The fourth-order valence-corrected chi connectivity index (χ4v) is 0.180. The van der Waals surface area contributed by atoms with E-state index in [1.165, 1.54) is 0 Å².